The van der Waals surface area contributed by atoms with Crippen molar-refractivity contribution in [2.24, 2.45) is 0 Å². The van der Waals surface area contributed by atoms with Crippen LogP contribution in [0.5, 0.6) is 0 Å². The number of hydrogen-bond donors (Lipinski definition) is 1. The van der Waals surface area contributed by atoms with Crippen LogP contribution in [0.2, 0.25) is 0 Å². The molecule has 0 bridgehead atoms. The zero-order valence-electron chi connectivity index (χ0n) is 10.2. The lowest BCUT2D eigenvalue weighted by Crippen LogP contribution is -1.98. The first-order valence-corrected chi connectivity index (χ1v) is 6.68. The highest BCUT2D eigenvalue weighted by molar-refractivity contribution is 7.98. The van der Waals surface area contributed by atoms with Crippen molar-refractivity contribution < 1.29 is 0 Å². The molecule has 1 aromatic heterocycles. The first-order chi connectivity index (χ1) is 8.20. The minimum Gasteiger partial charge on any atom is -0.399 e. The van der Waals surface area contributed by atoms with Gasteiger partial charge in [0.2, 0.25) is 0 Å². The van der Waals surface area contributed by atoms with Crippen LogP contribution in [-0.4, -0.2) is 9.55 Å². The number of thioether (sulfide) groups is 1. The van der Waals surface area contributed by atoms with Gasteiger partial charge in [-0.15, -0.1) is 11.8 Å². The number of hydrogen-bond acceptors (Lipinski definition) is 3. The topological polar surface area (TPSA) is 43.8 Å². The molecule has 1 aromatic carbocycles. The fourth-order valence-electron chi connectivity index (χ4n) is 1.65. The predicted molar refractivity (Wildman–Crippen MR) is 73.1 cm³/mol. The zero-order valence-corrected chi connectivity index (χ0v) is 11.0. The maximum atomic E-state index is 5.80. The summed E-state index contributed by atoms with van der Waals surface area (Å²) in [6, 6.07) is 6.15. The molecule has 0 saturated carbocycles. The van der Waals surface area contributed by atoms with Crippen LogP contribution in [0.4, 0.5) is 5.69 Å². The van der Waals surface area contributed by atoms with Gasteiger partial charge in [-0.3, -0.25) is 0 Å². The Kier molecular flexibility index (Phi) is 3.74. The molecule has 2 aromatic rings. The first-order valence-electron chi connectivity index (χ1n) is 5.69. The molecule has 2 N–H and O–H groups in total. The molecule has 0 fully saturated rings. The molecule has 4 heteroatoms. The Bertz CT molecular complexity index is 505. The second kappa shape index (κ2) is 5.27. The molecule has 0 amide bonds. The second-order valence-electron chi connectivity index (χ2n) is 3.94. The molecule has 3 nitrogen and oxygen atoms in total. The lowest BCUT2D eigenvalue weighted by Gasteiger charge is -2.06. The highest BCUT2D eigenvalue weighted by Gasteiger charge is 2.03. The number of imidazole rings is 1. The van der Waals surface area contributed by atoms with Crippen molar-refractivity contribution in [3.8, 4) is 0 Å². The summed E-state index contributed by atoms with van der Waals surface area (Å²) >= 11 is 1.79. The van der Waals surface area contributed by atoms with E-state index in [1.165, 1.54) is 4.90 Å². The van der Waals surface area contributed by atoms with Crippen LogP contribution in [-0.2, 0) is 12.3 Å². The van der Waals surface area contributed by atoms with Crippen LogP contribution in [0.1, 0.15) is 18.3 Å². The fourth-order valence-corrected chi connectivity index (χ4v) is 2.61. The quantitative estimate of drug-likeness (QED) is 0.667. The van der Waals surface area contributed by atoms with Gasteiger partial charge < -0.3 is 10.3 Å². The van der Waals surface area contributed by atoms with E-state index in [0.29, 0.717) is 0 Å². The van der Waals surface area contributed by atoms with Crippen molar-refractivity contribution in [3.05, 3.63) is 42.0 Å². The molecule has 0 spiro atoms. The maximum Gasteiger partial charge on any atom is 0.119 e. The van der Waals surface area contributed by atoms with Gasteiger partial charge in [0.25, 0.3) is 0 Å². The Balaban J connectivity index is 2.05. The van der Waals surface area contributed by atoms with Gasteiger partial charge in [-0.1, -0.05) is 0 Å². The molecule has 0 atom stereocenters. The normalized spacial score (nSPS) is 10.7. The third kappa shape index (κ3) is 2.82. The largest absolute Gasteiger partial charge is 0.399 e. The van der Waals surface area contributed by atoms with Crippen LogP contribution >= 0.6 is 11.8 Å². The van der Waals surface area contributed by atoms with E-state index in [-0.39, 0.29) is 0 Å². The lowest BCUT2D eigenvalue weighted by molar-refractivity contribution is 0.726. The third-order valence-corrected chi connectivity index (χ3v) is 3.74. The van der Waals surface area contributed by atoms with Crippen molar-refractivity contribution in [1.29, 1.82) is 0 Å². The molecule has 90 valence electrons. The average molecular weight is 247 g/mol. The molecule has 17 heavy (non-hydrogen) atoms. The summed E-state index contributed by atoms with van der Waals surface area (Å²) in [5.41, 5.74) is 7.78. The van der Waals surface area contributed by atoms with E-state index in [4.69, 9.17) is 5.73 Å². The smallest absolute Gasteiger partial charge is 0.119 e. The number of rotatable bonds is 4. The van der Waals surface area contributed by atoms with Crippen LogP contribution in [0.3, 0.4) is 0 Å². The van der Waals surface area contributed by atoms with Crippen molar-refractivity contribution in [2.75, 3.05) is 5.73 Å². The minimum atomic E-state index is 0.851. The zero-order chi connectivity index (χ0) is 12.3. The Hall–Kier alpha value is -1.42. The van der Waals surface area contributed by atoms with E-state index >= 15 is 0 Å². The Morgan fingerprint density at radius 3 is 2.94 bits per heavy atom. The van der Waals surface area contributed by atoms with Crippen molar-refractivity contribution in [2.45, 2.75) is 31.0 Å². The third-order valence-electron chi connectivity index (χ3n) is 2.75. The average Bonchev–Trinajstić information content (AvgIpc) is 2.78. The van der Waals surface area contributed by atoms with Gasteiger partial charge in [-0.05, 0) is 37.6 Å². The van der Waals surface area contributed by atoms with Crippen LogP contribution < -0.4 is 5.73 Å². The van der Waals surface area contributed by atoms with Crippen molar-refractivity contribution in [3.63, 3.8) is 0 Å². The number of nitrogen functional groups attached to an aromatic ring is 1. The minimum absolute atomic E-state index is 0.851. The highest BCUT2D eigenvalue weighted by Crippen LogP contribution is 2.25. The molecule has 0 saturated heterocycles. The first kappa shape index (κ1) is 12.0. The van der Waals surface area contributed by atoms with Crippen LogP contribution in [0, 0.1) is 6.92 Å². The molecular formula is C13H17N3S. The summed E-state index contributed by atoms with van der Waals surface area (Å²) in [6.07, 6.45) is 3.87. The van der Waals surface area contributed by atoms with E-state index in [0.717, 1.165) is 29.4 Å². The second-order valence-corrected chi connectivity index (χ2v) is 4.99. The lowest BCUT2D eigenvalue weighted by atomic mass is 10.2. The van der Waals surface area contributed by atoms with E-state index < -0.39 is 0 Å². The number of nitrogens with two attached hydrogens (primary N) is 1. The van der Waals surface area contributed by atoms with E-state index in [9.17, 15) is 0 Å². The van der Waals surface area contributed by atoms with E-state index in [2.05, 4.69) is 28.6 Å². The van der Waals surface area contributed by atoms with Gasteiger partial charge in [-0.25, -0.2) is 4.98 Å². The summed E-state index contributed by atoms with van der Waals surface area (Å²) < 4.78 is 2.16. The van der Waals surface area contributed by atoms with Crippen LogP contribution in [0.25, 0.3) is 0 Å². The summed E-state index contributed by atoms with van der Waals surface area (Å²) in [5, 5.41) is 0. The molecule has 1 heterocycles. The monoisotopic (exact) mass is 247 g/mol. The molecule has 0 aliphatic rings. The van der Waals surface area contributed by atoms with E-state index in [1.807, 2.05) is 25.4 Å². The fraction of sp³-hybridized carbons (Fsp3) is 0.308. The summed E-state index contributed by atoms with van der Waals surface area (Å²) in [6.45, 7) is 5.13. The Labute approximate surface area is 106 Å². The molecule has 0 aliphatic heterocycles. The molecule has 0 aliphatic carbocycles. The van der Waals surface area contributed by atoms with Crippen molar-refractivity contribution in [1.82, 2.24) is 9.55 Å². The van der Waals surface area contributed by atoms with Gasteiger partial charge in [0.15, 0.2) is 0 Å². The van der Waals surface area contributed by atoms with E-state index in [1.54, 1.807) is 11.8 Å². The van der Waals surface area contributed by atoms with Crippen LogP contribution in [0.15, 0.2) is 35.5 Å². The summed E-state index contributed by atoms with van der Waals surface area (Å²) in [5.74, 6) is 2.01. The SMILES string of the molecule is CCn1ccnc1CSc1ccc(N)c(C)c1. The van der Waals surface area contributed by atoms with Gasteiger partial charge in [0.05, 0.1) is 5.75 Å². The van der Waals surface area contributed by atoms with Gasteiger partial charge in [0.1, 0.15) is 5.82 Å². The molecule has 2 rings (SSSR count). The van der Waals surface area contributed by atoms with Gasteiger partial charge in [-0.2, -0.15) is 0 Å². The Morgan fingerprint density at radius 1 is 1.41 bits per heavy atom. The van der Waals surface area contributed by atoms with Crippen molar-refractivity contribution >= 4 is 17.4 Å². The summed E-state index contributed by atoms with van der Waals surface area (Å²) in [4.78, 5) is 5.60. The summed E-state index contributed by atoms with van der Waals surface area (Å²) in [7, 11) is 0. The van der Waals surface area contributed by atoms with Gasteiger partial charge in [0, 0.05) is 29.5 Å². The number of aromatic nitrogens is 2. The number of anilines is 1. The maximum absolute atomic E-state index is 5.80. The predicted octanol–water partition coefficient (Wildman–Crippen LogP) is 3.09. The number of nitrogens with zero attached hydrogens (tertiary/aromatic N) is 2. The molecule has 0 radical (unpaired) electrons. The number of aryl methyl sites for hydroxylation is 2. The standard InChI is InChI=1S/C13H17N3S/c1-3-16-7-6-15-13(16)9-17-11-4-5-12(14)10(2)8-11/h4-8H,3,9,14H2,1-2H3. The highest BCUT2D eigenvalue weighted by atomic mass is 32.2. The molecule has 0 unspecified atom stereocenters. The molecular weight excluding hydrogens is 230 g/mol. The number of benzene rings is 1. The van der Waals surface area contributed by atoms with Gasteiger partial charge >= 0.3 is 0 Å². The Morgan fingerprint density at radius 2 is 2.24 bits per heavy atom.